The summed E-state index contributed by atoms with van der Waals surface area (Å²) in [5.41, 5.74) is 1.98. The van der Waals surface area contributed by atoms with Crippen LogP contribution in [0, 0.1) is 0 Å². The summed E-state index contributed by atoms with van der Waals surface area (Å²) < 4.78 is 29.1. The first kappa shape index (κ1) is 18.0. The molecular formula is C18H16N2O4S3. The summed E-state index contributed by atoms with van der Waals surface area (Å²) in [7, 11) is 0. The lowest BCUT2D eigenvalue weighted by Crippen LogP contribution is -2.13. The fraction of sp³-hybridized carbons (Fsp3) is 0.222. The van der Waals surface area contributed by atoms with Crippen LogP contribution < -0.4 is 18.9 Å². The zero-order valence-electron chi connectivity index (χ0n) is 14.2. The Morgan fingerprint density at radius 1 is 0.593 bits per heavy atom. The van der Waals surface area contributed by atoms with Gasteiger partial charge < -0.3 is 18.9 Å². The van der Waals surface area contributed by atoms with E-state index in [4.69, 9.17) is 18.9 Å². The third-order valence-corrected chi connectivity index (χ3v) is 5.50. The molecule has 9 heteroatoms. The lowest BCUT2D eigenvalue weighted by atomic mass is 10.3. The number of ether oxygens (including phenoxy) is 4. The van der Waals surface area contributed by atoms with Gasteiger partial charge in [0.05, 0.1) is 11.7 Å². The molecule has 2 aliphatic rings. The summed E-state index contributed by atoms with van der Waals surface area (Å²) in [6.45, 7) is 2.74. The van der Waals surface area contributed by atoms with E-state index in [2.05, 4.69) is 8.75 Å². The van der Waals surface area contributed by atoms with Crippen molar-refractivity contribution in [3.05, 3.63) is 45.8 Å². The quantitative estimate of drug-likeness (QED) is 0.410. The Hall–Kier alpha value is -2.36. The molecule has 1 aromatic carbocycles. The van der Waals surface area contributed by atoms with Crippen LogP contribution in [0.25, 0.3) is 11.0 Å². The van der Waals surface area contributed by atoms with Crippen LogP contribution in [0.4, 0.5) is 0 Å². The van der Waals surface area contributed by atoms with Crippen LogP contribution in [0.5, 0.6) is 23.0 Å². The van der Waals surface area contributed by atoms with Crippen LogP contribution in [0.15, 0.2) is 45.8 Å². The van der Waals surface area contributed by atoms with Crippen molar-refractivity contribution in [2.24, 2.45) is 0 Å². The molecule has 0 fully saturated rings. The molecule has 0 aliphatic carbocycles. The molecule has 3 aromatic heterocycles. The molecule has 0 saturated heterocycles. The molecule has 140 valence electrons. The van der Waals surface area contributed by atoms with Gasteiger partial charge in [0.25, 0.3) is 0 Å². The summed E-state index contributed by atoms with van der Waals surface area (Å²) in [6.07, 6.45) is 0. The molecule has 27 heavy (non-hydrogen) atoms. The van der Waals surface area contributed by atoms with Crippen LogP contribution in [0.2, 0.25) is 0 Å². The normalized spacial score (nSPS) is 13.8. The van der Waals surface area contributed by atoms with Crippen LogP contribution >= 0.6 is 34.4 Å². The van der Waals surface area contributed by atoms with Gasteiger partial charge in [0.15, 0.2) is 23.0 Å². The average molecular weight is 421 g/mol. The largest absolute Gasteiger partial charge is 0.485 e. The Labute approximate surface area is 168 Å². The number of rotatable bonds is 0. The number of fused-ring (bicyclic) bond motifs is 3. The second-order valence-electron chi connectivity index (χ2n) is 5.35. The summed E-state index contributed by atoms with van der Waals surface area (Å²) in [4.78, 5) is 0. The third-order valence-electron chi connectivity index (χ3n) is 3.54. The highest BCUT2D eigenvalue weighted by Gasteiger charge is 2.11. The number of aromatic nitrogens is 2. The van der Waals surface area contributed by atoms with Gasteiger partial charge in [-0.05, 0) is 12.1 Å². The average Bonchev–Trinajstić information content (AvgIpc) is 3.48. The van der Waals surface area contributed by atoms with E-state index in [0.717, 1.165) is 34.0 Å². The second kappa shape index (κ2) is 9.03. The predicted molar refractivity (Wildman–Crippen MR) is 108 cm³/mol. The minimum atomic E-state index is 0.684. The minimum absolute atomic E-state index is 0.684. The monoisotopic (exact) mass is 420 g/mol. The number of hydrogen-bond donors (Lipinski definition) is 0. The molecule has 0 bridgehead atoms. The topological polar surface area (TPSA) is 62.7 Å². The molecule has 0 amide bonds. The van der Waals surface area contributed by atoms with Gasteiger partial charge in [-0.3, -0.25) is 0 Å². The first-order chi connectivity index (χ1) is 13.4. The lowest BCUT2D eigenvalue weighted by Gasteiger charge is -2.13. The van der Waals surface area contributed by atoms with Gasteiger partial charge >= 0.3 is 0 Å². The molecule has 0 radical (unpaired) electrons. The maximum atomic E-state index is 5.25. The molecule has 6 rings (SSSR count). The highest BCUT2D eigenvalue weighted by molar-refractivity contribution is 7.08. The number of nitrogens with zero attached hydrogens (tertiary/aromatic N) is 2. The van der Waals surface area contributed by atoms with E-state index < -0.39 is 0 Å². The molecule has 2 aliphatic heterocycles. The van der Waals surface area contributed by atoms with E-state index in [1.807, 2.05) is 45.8 Å². The SMILES string of the molecule is c1ccc2nsnc2c1.c1scc2c1OCCO2.c1scc2c1OCCO2. The number of benzene rings is 1. The lowest BCUT2D eigenvalue weighted by molar-refractivity contribution is 0.173. The summed E-state index contributed by atoms with van der Waals surface area (Å²) in [6, 6.07) is 7.84. The minimum Gasteiger partial charge on any atom is -0.485 e. The molecule has 0 unspecified atom stereocenters. The van der Waals surface area contributed by atoms with Gasteiger partial charge in [0, 0.05) is 21.5 Å². The van der Waals surface area contributed by atoms with E-state index in [0.29, 0.717) is 26.4 Å². The molecule has 0 N–H and O–H groups in total. The standard InChI is InChI=1S/C6H4N2S.2C6H6O2S/c1-2-4-6-5(3-1)7-9-8-6;2*1-2-8-6-4-9-3-5(6)7-1/h1-4H;2*3-4H,1-2H2. The summed E-state index contributed by atoms with van der Waals surface area (Å²) >= 11 is 4.46. The van der Waals surface area contributed by atoms with E-state index in [1.54, 1.807) is 22.7 Å². The van der Waals surface area contributed by atoms with Crippen LogP contribution in [0.3, 0.4) is 0 Å². The zero-order valence-corrected chi connectivity index (χ0v) is 16.6. The van der Waals surface area contributed by atoms with Crippen LogP contribution in [-0.4, -0.2) is 35.2 Å². The molecular weight excluding hydrogens is 404 g/mol. The molecule has 5 heterocycles. The predicted octanol–water partition coefficient (Wildman–Crippen LogP) is 4.73. The third kappa shape index (κ3) is 4.68. The van der Waals surface area contributed by atoms with Gasteiger partial charge in [-0.1, -0.05) is 12.1 Å². The van der Waals surface area contributed by atoms with E-state index >= 15 is 0 Å². The molecule has 0 atom stereocenters. The maximum Gasteiger partial charge on any atom is 0.172 e. The Bertz CT molecular complexity index is 864. The van der Waals surface area contributed by atoms with Crippen LogP contribution in [0.1, 0.15) is 0 Å². The van der Waals surface area contributed by atoms with Crippen molar-refractivity contribution in [3.8, 4) is 23.0 Å². The summed E-state index contributed by atoms with van der Waals surface area (Å²) in [5.74, 6) is 3.58. The smallest absolute Gasteiger partial charge is 0.172 e. The number of hydrogen-bond acceptors (Lipinski definition) is 9. The van der Waals surface area contributed by atoms with Crippen LogP contribution in [-0.2, 0) is 0 Å². The van der Waals surface area contributed by atoms with Crippen molar-refractivity contribution >= 4 is 45.4 Å². The van der Waals surface area contributed by atoms with E-state index in [9.17, 15) is 0 Å². The first-order valence-corrected chi connectivity index (χ1v) is 10.8. The number of thiophene rings is 2. The van der Waals surface area contributed by atoms with E-state index in [1.165, 1.54) is 11.7 Å². The van der Waals surface area contributed by atoms with Crippen molar-refractivity contribution in [1.82, 2.24) is 8.75 Å². The first-order valence-electron chi connectivity index (χ1n) is 8.21. The Morgan fingerprint density at radius 3 is 1.33 bits per heavy atom. The highest BCUT2D eigenvalue weighted by atomic mass is 32.1. The van der Waals surface area contributed by atoms with Crippen molar-refractivity contribution in [3.63, 3.8) is 0 Å². The van der Waals surface area contributed by atoms with E-state index in [-0.39, 0.29) is 0 Å². The fourth-order valence-corrected chi connectivity index (χ4v) is 4.19. The highest BCUT2D eigenvalue weighted by Crippen LogP contribution is 2.34. The van der Waals surface area contributed by atoms with Crippen molar-refractivity contribution in [1.29, 1.82) is 0 Å². The Balaban J connectivity index is 0.0000001000. The molecule has 0 spiro atoms. The molecule has 4 aromatic rings. The molecule has 6 nitrogen and oxygen atoms in total. The Kier molecular flexibility index (Phi) is 6.03. The van der Waals surface area contributed by atoms with Gasteiger partial charge in [-0.15, -0.1) is 22.7 Å². The van der Waals surface area contributed by atoms with Crippen molar-refractivity contribution in [2.75, 3.05) is 26.4 Å². The van der Waals surface area contributed by atoms with Gasteiger partial charge in [-0.25, -0.2) is 0 Å². The second-order valence-corrected chi connectivity index (χ2v) is 7.36. The van der Waals surface area contributed by atoms with Gasteiger partial charge in [0.2, 0.25) is 0 Å². The fourth-order valence-electron chi connectivity index (χ4n) is 2.30. The zero-order chi connectivity index (χ0) is 18.3. The Morgan fingerprint density at radius 2 is 0.963 bits per heavy atom. The van der Waals surface area contributed by atoms with Crippen molar-refractivity contribution < 1.29 is 18.9 Å². The van der Waals surface area contributed by atoms with Gasteiger partial charge in [0.1, 0.15) is 37.5 Å². The van der Waals surface area contributed by atoms with Crippen molar-refractivity contribution in [2.45, 2.75) is 0 Å². The van der Waals surface area contributed by atoms with Gasteiger partial charge in [-0.2, -0.15) is 8.75 Å². The molecule has 0 saturated carbocycles. The summed E-state index contributed by atoms with van der Waals surface area (Å²) in [5, 5.41) is 7.81. The maximum absolute atomic E-state index is 5.25.